The Bertz CT molecular complexity index is 640. The Kier molecular flexibility index (Phi) is 3.75. The Morgan fingerprint density at radius 2 is 1.86 bits per heavy atom. The van der Waals surface area contributed by atoms with Crippen molar-refractivity contribution in [2.24, 2.45) is 13.0 Å². The summed E-state index contributed by atoms with van der Waals surface area (Å²) in [6.07, 6.45) is 6.61. The second-order valence-electron chi connectivity index (χ2n) is 6.86. The maximum absolute atomic E-state index is 4.82. The molecule has 0 saturated heterocycles. The molecule has 2 aliphatic rings. The minimum absolute atomic E-state index is 0.966. The summed E-state index contributed by atoms with van der Waals surface area (Å²) >= 11 is 0. The zero-order valence-corrected chi connectivity index (χ0v) is 13.5. The molecule has 0 spiro atoms. The van der Waals surface area contributed by atoms with Crippen molar-refractivity contribution in [1.82, 2.24) is 14.7 Å². The van der Waals surface area contributed by atoms with E-state index < -0.39 is 0 Å². The number of aryl methyl sites for hydroxylation is 1. The van der Waals surface area contributed by atoms with Crippen LogP contribution < -0.4 is 0 Å². The van der Waals surface area contributed by atoms with E-state index in [2.05, 4.69) is 47.0 Å². The maximum Gasteiger partial charge on any atom is 0.0958 e. The fourth-order valence-corrected chi connectivity index (χ4v) is 3.87. The van der Waals surface area contributed by atoms with Gasteiger partial charge in [0.1, 0.15) is 0 Å². The highest BCUT2D eigenvalue weighted by Gasteiger charge is 2.25. The molecule has 0 radical (unpaired) electrons. The number of hydrogen-bond donors (Lipinski definition) is 0. The molecule has 1 aromatic heterocycles. The molecule has 1 aromatic carbocycles. The van der Waals surface area contributed by atoms with Gasteiger partial charge in [-0.15, -0.1) is 0 Å². The lowest BCUT2D eigenvalue weighted by atomic mass is 9.85. The van der Waals surface area contributed by atoms with Crippen LogP contribution in [0.4, 0.5) is 0 Å². The third-order valence-corrected chi connectivity index (χ3v) is 5.41. The molecule has 4 rings (SSSR count). The summed E-state index contributed by atoms with van der Waals surface area (Å²) in [5.41, 5.74) is 5.37. The van der Waals surface area contributed by atoms with E-state index >= 15 is 0 Å². The van der Waals surface area contributed by atoms with E-state index in [4.69, 9.17) is 5.10 Å². The number of benzene rings is 1. The van der Waals surface area contributed by atoms with Gasteiger partial charge >= 0.3 is 0 Å². The van der Waals surface area contributed by atoms with Crippen molar-refractivity contribution in [3.8, 4) is 11.3 Å². The molecule has 3 nitrogen and oxygen atoms in total. The molecule has 1 aliphatic carbocycles. The molecule has 1 aliphatic heterocycles. The molecule has 3 heteroatoms. The van der Waals surface area contributed by atoms with Gasteiger partial charge < -0.3 is 4.90 Å². The molecule has 2 heterocycles. The first-order valence-corrected chi connectivity index (χ1v) is 8.64. The third kappa shape index (κ3) is 2.58. The van der Waals surface area contributed by atoms with Crippen molar-refractivity contribution in [2.75, 3.05) is 19.6 Å². The summed E-state index contributed by atoms with van der Waals surface area (Å²) < 4.78 is 2.12. The standard InChI is InChI=1S/C19H25N3/c1-21-18-11-13-22(14-15-6-5-7-15)12-10-17(18)19(20-21)16-8-3-2-4-9-16/h2-4,8-9,15H,5-7,10-14H2,1H3. The molecule has 0 atom stereocenters. The van der Waals surface area contributed by atoms with Crippen molar-refractivity contribution < 1.29 is 0 Å². The van der Waals surface area contributed by atoms with Crippen molar-refractivity contribution in [1.29, 1.82) is 0 Å². The molecule has 1 fully saturated rings. The second-order valence-corrected chi connectivity index (χ2v) is 6.86. The summed E-state index contributed by atoms with van der Waals surface area (Å²) in [5, 5.41) is 4.82. The van der Waals surface area contributed by atoms with Crippen LogP contribution in [-0.2, 0) is 19.9 Å². The molecular formula is C19H25N3. The first kappa shape index (κ1) is 14.0. The molecule has 2 aromatic rings. The van der Waals surface area contributed by atoms with Crippen LogP contribution in [0, 0.1) is 5.92 Å². The van der Waals surface area contributed by atoms with Crippen molar-refractivity contribution in [3.63, 3.8) is 0 Å². The second kappa shape index (κ2) is 5.88. The van der Waals surface area contributed by atoms with Gasteiger partial charge in [-0.05, 0) is 25.2 Å². The zero-order chi connectivity index (χ0) is 14.9. The largest absolute Gasteiger partial charge is 0.302 e. The first-order valence-electron chi connectivity index (χ1n) is 8.64. The summed E-state index contributed by atoms with van der Waals surface area (Å²) in [7, 11) is 2.10. The Morgan fingerprint density at radius 1 is 1.09 bits per heavy atom. The van der Waals surface area contributed by atoms with Crippen LogP contribution in [0.2, 0.25) is 0 Å². The predicted molar refractivity (Wildman–Crippen MR) is 89.8 cm³/mol. The van der Waals surface area contributed by atoms with Gasteiger partial charge in [0.25, 0.3) is 0 Å². The minimum Gasteiger partial charge on any atom is -0.302 e. The van der Waals surface area contributed by atoms with E-state index in [9.17, 15) is 0 Å². The molecular weight excluding hydrogens is 270 g/mol. The number of nitrogens with zero attached hydrogens (tertiary/aromatic N) is 3. The van der Waals surface area contributed by atoms with Gasteiger partial charge in [0.15, 0.2) is 0 Å². The fourth-order valence-electron chi connectivity index (χ4n) is 3.87. The van der Waals surface area contributed by atoms with Crippen molar-refractivity contribution in [3.05, 3.63) is 41.6 Å². The smallest absolute Gasteiger partial charge is 0.0958 e. The van der Waals surface area contributed by atoms with Crippen molar-refractivity contribution in [2.45, 2.75) is 32.1 Å². The van der Waals surface area contributed by atoms with Gasteiger partial charge in [0.2, 0.25) is 0 Å². The summed E-state index contributed by atoms with van der Waals surface area (Å²) in [5.74, 6) is 0.966. The normalized spacial score (nSPS) is 19.5. The van der Waals surface area contributed by atoms with Crippen LogP contribution in [0.15, 0.2) is 30.3 Å². The van der Waals surface area contributed by atoms with E-state index in [1.165, 1.54) is 61.4 Å². The Hall–Kier alpha value is -1.61. The molecule has 116 valence electrons. The lowest BCUT2D eigenvalue weighted by molar-refractivity contribution is 0.183. The molecule has 0 N–H and O–H groups in total. The fraction of sp³-hybridized carbons (Fsp3) is 0.526. The van der Waals surface area contributed by atoms with Gasteiger partial charge in [-0.3, -0.25) is 4.68 Å². The minimum atomic E-state index is 0.966. The lowest BCUT2D eigenvalue weighted by Gasteiger charge is -2.31. The summed E-state index contributed by atoms with van der Waals surface area (Å²) in [6.45, 7) is 3.69. The van der Waals surface area contributed by atoms with E-state index in [-0.39, 0.29) is 0 Å². The lowest BCUT2D eigenvalue weighted by Crippen LogP contribution is -2.34. The summed E-state index contributed by atoms with van der Waals surface area (Å²) in [6, 6.07) is 10.6. The quantitative estimate of drug-likeness (QED) is 0.866. The van der Waals surface area contributed by atoms with Crippen molar-refractivity contribution >= 4 is 0 Å². The van der Waals surface area contributed by atoms with Gasteiger partial charge in [-0.1, -0.05) is 36.8 Å². The number of hydrogen-bond acceptors (Lipinski definition) is 2. The average Bonchev–Trinajstić information content (AvgIpc) is 2.69. The van der Waals surface area contributed by atoms with Gasteiger partial charge in [0, 0.05) is 49.9 Å². The molecule has 0 bridgehead atoms. The zero-order valence-electron chi connectivity index (χ0n) is 13.5. The monoisotopic (exact) mass is 295 g/mol. The van der Waals surface area contributed by atoms with Crippen LogP contribution >= 0.6 is 0 Å². The van der Waals surface area contributed by atoms with E-state index in [0.717, 1.165) is 18.8 Å². The highest BCUT2D eigenvalue weighted by Crippen LogP contribution is 2.30. The van der Waals surface area contributed by atoms with Crippen LogP contribution in [0.1, 0.15) is 30.5 Å². The molecule has 1 saturated carbocycles. The van der Waals surface area contributed by atoms with Crippen LogP contribution in [0.3, 0.4) is 0 Å². The predicted octanol–water partition coefficient (Wildman–Crippen LogP) is 3.29. The van der Waals surface area contributed by atoms with Gasteiger partial charge in [0.05, 0.1) is 5.69 Å². The molecule has 22 heavy (non-hydrogen) atoms. The Morgan fingerprint density at radius 3 is 2.59 bits per heavy atom. The Labute approximate surface area is 132 Å². The highest BCUT2D eigenvalue weighted by atomic mass is 15.3. The maximum atomic E-state index is 4.82. The van der Waals surface area contributed by atoms with Crippen LogP contribution in [-0.4, -0.2) is 34.3 Å². The first-order chi connectivity index (χ1) is 10.8. The number of fused-ring (bicyclic) bond motifs is 1. The van der Waals surface area contributed by atoms with E-state index in [1.54, 1.807) is 0 Å². The van der Waals surface area contributed by atoms with Crippen LogP contribution in [0.5, 0.6) is 0 Å². The number of aromatic nitrogens is 2. The molecule has 0 amide bonds. The third-order valence-electron chi connectivity index (χ3n) is 5.41. The number of rotatable bonds is 3. The Balaban J connectivity index is 1.57. The van der Waals surface area contributed by atoms with Gasteiger partial charge in [-0.2, -0.15) is 5.10 Å². The molecule has 0 unspecified atom stereocenters. The van der Waals surface area contributed by atoms with E-state index in [1.807, 2.05) is 0 Å². The van der Waals surface area contributed by atoms with Gasteiger partial charge in [-0.25, -0.2) is 0 Å². The summed E-state index contributed by atoms with van der Waals surface area (Å²) in [4.78, 5) is 2.68. The topological polar surface area (TPSA) is 21.1 Å². The average molecular weight is 295 g/mol. The van der Waals surface area contributed by atoms with E-state index in [0.29, 0.717) is 0 Å². The SMILES string of the molecule is Cn1nc(-c2ccccc2)c2c1CCN(CC1CCC1)CC2. The van der Waals surface area contributed by atoms with Crippen LogP contribution in [0.25, 0.3) is 11.3 Å². The highest BCUT2D eigenvalue weighted by molar-refractivity contribution is 5.64.